The molecule has 0 N–H and O–H groups in total. The number of rotatable bonds is 5. The Morgan fingerprint density at radius 1 is 1.17 bits per heavy atom. The van der Waals surface area contributed by atoms with E-state index >= 15 is 0 Å². The van der Waals surface area contributed by atoms with Gasteiger partial charge >= 0.3 is 0 Å². The number of halogens is 1. The van der Waals surface area contributed by atoms with Gasteiger partial charge in [0.05, 0.1) is 12.0 Å². The smallest absolute Gasteiger partial charge is 0.129 e. The van der Waals surface area contributed by atoms with Gasteiger partial charge in [0, 0.05) is 23.0 Å². The van der Waals surface area contributed by atoms with Crippen molar-refractivity contribution in [3.8, 4) is 5.75 Å². The summed E-state index contributed by atoms with van der Waals surface area (Å²) >= 11 is 5.94. The third-order valence-electron chi connectivity index (χ3n) is 3.66. The molecule has 3 rings (SSSR count). The van der Waals surface area contributed by atoms with E-state index in [1.807, 2.05) is 66.2 Å². The number of nitrogens with zero attached hydrogens (tertiary/aromatic N) is 2. The molecule has 116 valence electrons. The van der Waals surface area contributed by atoms with Crippen LogP contribution in [0, 0.1) is 0 Å². The van der Waals surface area contributed by atoms with Gasteiger partial charge in [-0.05, 0) is 36.8 Å². The maximum absolute atomic E-state index is 6.15. The highest BCUT2D eigenvalue weighted by Gasteiger charge is 2.13. The number of aromatic nitrogens is 2. The molecule has 0 spiro atoms. The summed E-state index contributed by atoms with van der Waals surface area (Å²) in [6.07, 6.45) is 5.22. The molecule has 0 saturated heterocycles. The van der Waals surface area contributed by atoms with Crippen molar-refractivity contribution in [1.82, 2.24) is 9.55 Å². The molecule has 3 nitrogen and oxygen atoms in total. The molecule has 0 aliphatic heterocycles. The molecular formula is C19H17ClN2O. The molecule has 0 amide bonds. The number of ether oxygens (including phenoxy) is 1. The molecule has 0 aliphatic carbocycles. The minimum Gasteiger partial charge on any atom is -0.485 e. The molecule has 0 fully saturated rings. The molecule has 3 aromatic rings. The lowest BCUT2D eigenvalue weighted by atomic mass is 10.1. The van der Waals surface area contributed by atoms with Crippen LogP contribution in [0.1, 0.15) is 24.2 Å². The van der Waals surface area contributed by atoms with Crippen molar-refractivity contribution in [3.05, 3.63) is 90.0 Å². The molecule has 23 heavy (non-hydrogen) atoms. The van der Waals surface area contributed by atoms with E-state index in [2.05, 4.69) is 11.6 Å². The predicted octanol–water partition coefficient (Wildman–Crippen LogP) is 5.20. The Labute approximate surface area is 140 Å². The summed E-state index contributed by atoms with van der Waals surface area (Å²) in [6.45, 7) is 6.16. The molecular weight excluding hydrogens is 308 g/mol. The molecule has 0 saturated carbocycles. The van der Waals surface area contributed by atoms with Crippen molar-refractivity contribution in [1.29, 1.82) is 0 Å². The number of benzene rings is 2. The first kappa shape index (κ1) is 15.4. The number of hydrogen-bond acceptors (Lipinski definition) is 2. The van der Waals surface area contributed by atoms with Crippen molar-refractivity contribution in [3.63, 3.8) is 0 Å². The third-order valence-corrected chi connectivity index (χ3v) is 3.91. The average Bonchev–Trinajstić information content (AvgIpc) is 3.10. The molecule has 1 unspecified atom stereocenters. The molecule has 0 radical (unpaired) electrons. The Hall–Kier alpha value is -2.52. The molecule has 4 heteroatoms. The fraction of sp³-hybridized carbons (Fsp3) is 0.105. The summed E-state index contributed by atoms with van der Waals surface area (Å²) < 4.78 is 8.02. The second-order valence-electron chi connectivity index (χ2n) is 5.22. The van der Waals surface area contributed by atoms with E-state index in [9.17, 15) is 0 Å². The fourth-order valence-electron chi connectivity index (χ4n) is 2.36. The van der Waals surface area contributed by atoms with E-state index in [1.165, 1.54) is 0 Å². The van der Waals surface area contributed by atoms with Gasteiger partial charge in [-0.2, -0.15) is 0 Å². The highest BCUT2D eigenvalue weighted by molar-refractivity contribution is 6.30. The van der Waals surface area contributed by atoms with Crippen molar-refractivity contribution >= 4 is 17.3 Å². The standard InChI is InChI=1S/C19H17ClN2O/c1-14(22-12-11-21-13-22)18-5-3-4-6-19(18)23-15(2)16-7-9-17(20)10-8-16/h3-13,15H,1H2,2H3. The first-order valence-corrected chi connectivity index (χ1v) is 7.71. The van der Waals surface area contributed by atoms with Crippen molar-refractivity contribution in [2.75, 3.05) is 0 Å². The SMILES string of the molecule is C=C(c1ccccc1OC(C)c1ccc(Cl)cc1)n1ccnc1. The number of imidazole rings is 1. The van der Waals surface area contributed by atoms with Gasteiger partial charge in [-0.1, -0.05) is 42.4 Å². The molecule has 0 bridgehead atoms. The molecule has 2 aromatic carbocycles. The third kappa shape index (κ3) is 3.46. The van der Waals surface area contributed by atoms with Crippen LogP contribution in [0.25, 0.3) is 5.70 Å². The fourth-order valence-corrected chi connectivity index (χ4v) is 2.48. The largest absolute Gasteiger partial charge is 0.485 e. The second kappa shape index (κ2) is 6.71. The van der Waals surface area contributed by atoms with Gasteiger partial charge < -0.3 is 9.30 Å². The van der Waals surface area contributed by atoms with Crippen LogP contribution in [-0.2, 0) is 0 Å². The van der Waals surface area contributed by atoms with Gasteiger partial charge in [0.1, 0.15) is 11.9 Å². The molecule has 1 heterocycles. The summed E-state index contributed by atoms with van der Waals surface area (Å²) in [6, 6.07) is 15.5. The minimum absolute atomic E-state index is 0.0935. The van der Waals surface area contributed by atoms with Crippen LogP contribution < -0.4 is 4.74 Å². The van der Waals surface area contributed by atoms with E-state index in [0.717, 1.165) is 27.6 Å². The van der Waals surface area contributed by atoms with Gasteiger partial charge in [0.15, 0.2) is 0 Å². The van der Waals surface area contributed by atoms with Crippen LogP contribution in [0.2, 0.25) is 5.02 Å². The van der Waals surface area contributed by atoms with Gasteiger partial charge in [-0.25, -0.2) is 4.98 Å². The first-order valence-electron chi connectivity index (χ1n) is 7.34. The van der Waals surface area contributed by atoms with E-state index < -0.39 is 0 Å². The zero-order valence-corrected chi connectivity index (χ0v) is 13.6. The molecule has 1 aromatic heterocycles. The first-order chi connectivity index (χ1) is 11.1. The highest BCUT2D eigenvalue weighted by Crippen LogP contribution is 2.30. The zero-order chi connectivity index (χ0) is 16.2. The topological polar surface area (TPSA) is 27.1 Å². The van der Waals surface area contributed by atoms with Crippen LogP contribution in [-0.4, -0.2) is 9.55 Å². The van der Waals surface area contributed by atoms with E-state index in [-0.39, 0.29) is 6.10 Å². The highest BCUT2D eigenvalue weighted by atomic mass is 35.5. The summed E-state index contributed by atoms with van der Waals surface area (Å²) in [5, 5.41) is 0.717. The lowest BCUT2D eigenvalue weighted by Crippen LogP contribution is -2.06. The van der Waals surface area contributed by atoms with Gasteiger partial charge in [0.2, 0.25) is 0 Å². The van der Waals surface area contributed by atoms with E-state index in [0.29, 0.717) is 0 Å². The van der Waals surface area contributed by atoms with Gasteiger partial charge in [-0.15, -0.1) is 0 Å². The van der Waals surface area contributed by atoms with Crippen molar-refractivity contribution in [2.24, 2.45) is 0 Å². The van der Waals surface area contributed by atoms with Crippen LogP contribution in [0.3, 0.4) is 0 Å². The minimum atomic E-state index is -0.0935. The lowest BCUT2D eigenvalue weighted by molar-refractivity contribution is 0.226. The summed E-state index contributed by atoms with van der Waals surface area (Å²) in [7, 11) is 0. The monoisotopic (exact) mass is 324 g/mol. The Morgan fingerprint density at radius 3 is 2.61 bits per heavy atom. The average molecular weight is 325 g/mol. The summed E-state index contributed by atoms with van der Waals surface area (Å²) in [4.78, 5) is 4.06. The second-order valence-corrected chi connectivity index (χ2v) is 5.66. The lowest BCUT2D eigenvalue weighted by Gasteiger charge is -2.19. The maximum atomic E-state index is 6.15. The molecule has 0 aliphatic rings. The van der Waals surface area contributed by atoms with Crippen LogP contribution in [0.5, 0.6) is 5.75 Å². The normalized spacial score (nSPS) is 11.9. The van der Waals surface area contributed by atoms with Crippen LogP contribution in [0.4, 0.5) is 0 Å². The van der Waals surface area contributed by atoms with E-state index in [1.54, 1.807) is 12.5 Å². The Kier molecular flexibility index (Phi) is 4.49. The number of hydrogen-bond donors (Lipinski definition) is 0. The summed E-state index contributed by atoms with van der Waals surface area (Å²) in [5.74, 6) is 0.786. The predicted molar refractivity (Wildman–Crippen MR) is 93.6 cm³/mol. The van der Waals surface area contributed by atoms with Gasteiger partial charge in [-0.3, -0.25) is 0 Å². The zero-order valence-electron chi connectivity index (χ0n) is 12.8. The quantitative estimate of drug-likeness (QED) is 0.645. The number of para-hydroxylation sites is 1. The van der Waals surface area contributed by atoms with Crippen molar-refractivity contribution < 1.29 is 4.74 Å². The molecule has 1 atom stereocenters. The van der Waals surface area contributed by atoms with Crippen molar-refractivity contribution in [2.45, 2.75) is 13.0 Å². The maximum Gasteiger partial charge on any atom is 0.129 e. The van der Waals surface area contributed by atoms with E-state index in [4.69, 9.17) is 16.3 Å². The summed E-state index contributed by atoms with van der Waals surface area (Å²) in [5.41, 5.74) is 2.82. The Morgan fingerprint density at radius 2 is 1.91 bits per heavy atom. The van der Waals surface area contributed by atoms with Gasteiger partial charge in [0.25, 0.3) is 0 Å². The Balaban J connectivity index is 1.86. The van der Waals surface area contributed by atoms with Crippen LogP contribution in [0.15, 0.2) is 73.8 Å². The van der Waals surface area contributed by atoms with Crippen LogP contribution >= 0.6 is 11.6 Å². The Bertz CT molecular complexity index is 795.